The average molecular weight is 678 g/mol. The summed E-state index contributed by atoms with van der Waals surface area (Å²) in [5.74, 6) is 1.83. The number of furan rings is 1. The van der Waals surface area contributed by atoms with Crippen LogP contribution in [0.25, 0.3) is 100 Å². The standard InChI is InChI=1S/C49H31N3O/c1-4-13-32(14-5-1)35-19-10-20-38(29-35)41-22-12-24-44-46(41)43-28-26-39(31-45(43)53-44)48-50-47(34-17-8-3-9-18-34)51-49(52-48)42-23-11-21-37-30-36(25-27-40(37)42)33-15-6-2-7-16-33/h1-31H. The highest BCUT2D eigenvalue weighted by Gasteiger charge is 2.18. The Bertz CT molecular complexity index is 2940. The largest absolute Gasteiger partial charge is 0.456 e. The van der Waals surface area contributed by atoms with Crippen molar-refractivity contribution in [2.24, 2.45) is 0 Å². The zero-order valence-electron chi connectivity index (χ0n) is 28.6. The molecule has 0 unspecified atom stereocenters. The molecule has 4 nitrogen and oxygen atoms in total. The van der Waals surface area contributed by atoms with Crippen LogP contribution >= 0.6 is 0 Å². The Hall–Kier alpha value is -7.17. The topological polar surface area (TPSA) is 51.8 Å². The fourth-order valence-electron chi connectivity index (χ4n) is 7.33. The molecule has 0 saturated heterocycles. The van der Waals surface area contributed by atoms with Crippen molar-refractivity contribution >= 4 is 32.7 Å². The van der Waals surface area contributed by atoms with Crippen molar-refractivity contribution < 1.29 is 4.42 Å². The Kier molecular flexibility index (Phi) is 7.43. The quantitative estimate of drug-likeness (QED) is 0.176. The van der Waals surface area contributed by atoms with Gasteiger partial charge in [-0.1, -0.05) is 158 Å². The molecule has 0 N–H and O–H groups in total. The van der Waals surface area contributed by atoms with Gasteiger partial charge in [0.25, 0.3) is 0 Å². The van der Waals surface area contributed by atoms with Gasteiger partial charge in [0.2, 0.25) is 0 Å². The third kappa shape index (κ3) is 5.63. The van der Waals surface area contributed by atoms with Gasteiger partial charge in [-0.15, -0.1) is 0 Å². The van der Waals surface area contributed by atoms with Gasteiger partial charge in [-0.25, -0.2) is 15.0 Å². The van der Waals surface area contributed by atoms with Crippen molar-refractivity contribution in [3.8, 4) is 67.5 Å². The number of fused-ring (bicyclic) bond motifs is 4. The first-order valence-electron chi connectivity index (χ1n) is 17.8. The van der Waals surface area contributed by atoms with Crippen LogP contribution in [0.3, 0.4) is 0 Å². The molecule has 0 aliphatic heterocycles. The molecule has 0 atom stereocenters. The van der Waals surface area contributed by atoms with E-state index in [-0.39, 0.29) is 0 Å². The Morgan fingerprint density at radius 1 is 0.302 bits per heavy atom. The molecule has 0 radical (unpaired) electrons. The molecule has 10 rings (SSSR count). The van der Waals surface area contributed by atoms with Gasteiger partial charge in [0.1, 0.15) is 11.2 Å². The van der Waals surface area contributed by atoms with Gasteiger partial charge in [-0.2, -0.15) is 0 Å². The van der Waals surface area contributed by atoms with E-state index in [1.54, 1.807) is 0 Å². The summed E-state index contributed by atoms with van der Waals surface area (Å²) in [6, 6.07) is 65.2. The van der Waals surface area contributed by atoms with E-state index in [1.165, 1.54) is 22.3 Å². The van der Waals surface area contributed by atoms with E-state index in [0.29, 0.717) is 17.5 Å². The molecule has 248 valence electrons. The van der Waals surface area contributed by atoms with Crippen LogP contribution in [0.1, 0.15) is 0 Å². The molecule has 0 saturated carbocycles. The summed E-state index contributed by atoms with van der Waals surface area (Å²) in [6.07, 6.45) is 0. The fraction of sp³-hybridized carbons (Fsp3) is 0. The predicted octanol–water partition coefficient (Wildman–Crippen LogP) is 12.9. The van der Waals surface area contributed by atoms with Crippen LogP contribution in [0.4, 0.5) is 0 Å². The third-order valence-electron chi connectivity index (χ3n) is 9.93. The van der Waals surface area contributed by atoms with Gasteiger partial charge < -0.3 is 4.42 Å². The summed E-state index contributed by atoms with van der Waals surface area (Å²) >= 11 is 0. The molecule has 0 fully saturated rings. The second-order valence-electron chi connectivity index (χ2n) is 13.2. The van der Waals surface area contributed by atoms with E-state index >= 15 is 0 Å². The van der Waals surface area contributed by atoms with Crippen LogP contribution in [0.15, 0.2) is 192 Å². The highest BCUT2D eigenvalue weighted by molar-refractivity contribution is 6.13. The molecule has 0 spiro atoms. The van der Waals surface area contributed by atoms with Gasteiger partial charge in [0, 0.05) is 27.5 Å². The fourth-order valence-corrected chi connectivity index (χ4v) is 7.33. The molecule has 2 aromatic heterocycles. The first kappa shape index (κ1) is 30.6. The highest BCUT2D eigenvalue weighted by atomic mass is 16.3. The molecule has 53 heavy (non-hydrogen) atoms. The van der Waals surface area contributed by atoms with Crippen LogP contribution in [0.5, 0.6) is 0 Å². The Balaban J connectivity index is 1.10. The number of benzene rings is 8. The molecule has 10 aromatic rings. The van der Waals surface area contributed by atoms with E-state index in [9.17, 15) is 0 Å². The molecular weight excluding hydrogens is 647 g/mol. The van der Waals surface area contributed by atoms with E-state index in [0.717, 1.165) is 60.5 Å². The lowest BCUT2D eigenvalue weighted by molar-refractivity contribution is 0.669. The van der Waals surface area contributed by atoms with Gasteiger partial charge in [-0.3, -0.25) is 0 Å². The lowest BCUT2D eigenvalue weighted by Crippen LogP contribution is -2.00. The zero-order chi connectivity index (χ0) is 35.1. The molecule has 0 aliphatic carbocycles. The number of hydrogen-bond donors (Lipinski definition) is 0. The van der Waals surface area contributed by atoms with E-state index < -0.39 is 0 Å². The van der Waals surface area contributed by atoms with Crippen LogP contribution in [-0.4, -0.2) is 15.0 Å². The third-order valence-corrected chi connectivity index (χ3v) is 9.93. The van der Waals surface area contributed by atoms with Gasteiger partial charge in [0.15, 0.2) is 17.5 Å². The molecule has 0 bridgehead atoms. The van der Waals surface area contributed by atoms with Crippen LogP contribution in [0, 0.1) is 0 Å². The number of hydrogen-bond acceptors (Lipinski definition) is 4. The highest BCUT2D eigenvalue weighted by Crippen LogP contribution is 2.39. The molecule has 4 heteroatoms. The molecule has 2 heterocycles. The lowest BCUT2D eigenvalue weighted by atomic mass is 9.96. The SMILES string of the molecule is c1ccc(-c2cccc(-c3cccc4oc5cc(-c6nc(-c7ccccc7)nc(-c7cccc8cc(-c9ccccc9)ccc78)n6)ccc5c34)c2)cc1. The normalized spacial score (nSPS) is 11.4. The first-order valence-corrected chi connectivity index (χ1v) is 17.8. The molecule has 8 aromatic carbocycles. The van der Waals surface area contributed by atoms with Crippen molar-refractivity contribution in [2.75, 3.05) is 0 Å². The monoisotopic (exact) mass is 677 g/mol. The molecule has 0 aliphatic rings. The summed E-state index contributed by atoms with van der Waals surface area (Å²) < 4.78 is 6.56. The van der Waals surface area contributed by atoms with Gasteiger partial charge in [0.05, 0.1) is 0 Å². The molecule has 0 amide bonds. The minimum absolute atomic E-state index is 0.588. The van der Waals surface area contributed by atoms with Gasteiger partial charge in [-0.05, 0) is 74.5 Å². The van der Waals surface area contributed by atoms with Crippen LogP contribution < -0.4 is 0 Å². The number of aromatic nitrogens is 3. The van der Waals surface area contributed by atoms with Crippen molar-refractivity contribution in [2.45, 2.75) is 0 Å². The van der Waals surface area contributed by atoms with Crippen LogP contribution in [0.2, 0.25) is 0 Å². The van der Waals surface area contributed by atoms with E-state index in [2.05, 4.69) is 140 Å². The maximum absolute atomic E-state index is 6.56. The summed E-state index contributed by atoms with van der Waals surface area (Å²) in [7, 11) is 0. The Morgan fingerprint density at radius 3 is 1.60 bits per heavy atom. The Morgan fingerprint density at radius 2 is 0.849 bits per heavy atom. The summed E-state index contributed by atoms with van der Waals surface area (Å²) in [6.45, 7) is 0. The smallest absolute Gasteiger partial charge is 0.164 e. The molecular formula is C49H31N3O. The van der Waals surface area contributed by atoms with Crippen LogP contribution in [-0.2, 0) is 0 Å². The van der Waals surface area contributed by atoms with Crippen molar-refractivity contribution in [3.63, 3.8) is 0 Å². The maximum Gasteiger partial charge on any atom is 0.164 e. The minimum atomic E-state index is 0.588. The van der Waals surface area contributed by atoms with Crippen molar-refractivity contribution in [3.05, 3.63) is 188 Å². The lowest BCUT2D eigenvalue weighted by Gasteiger charge is -2.11. The average Bonchev–Trinajstić information content (AvgIpc) is 3.62. The number of nitrogens with zero attached hydrogens (tertiary/aromatic N) is 3. The summed E-state index contributed by atoms with van der Waals surface area (Å²) in [5.41, 5.74) is 11.4. The summed E-state index contributed by atoms with van der Waals surface area (Å²) in [4.78, 5) is 15.2. The van der Waals surface area contributed by atoms with E-state index in [4.69, 9.17) is 19.4 Å². The minimum Gasteiger partial charge on any atom is -0.456 e. The Labute approximate surface area is 306 Å². The van der Waals surface area contributed by atoms with Crippen molar-refractivity contribution in [1.82, 2.24) is 15.0 Å². The summed E-state index contributed by atoms with van der Waals surface area (Å²) in [5, 5.41) is 4.34. The van der Waals surface area contributed by atoms with Crippen molar-refractivity contribution in [1.29, 1.82) is 0 Å². The zero-order valence-corrected chi connectivity index (χ0v) is 28.6. The second kappa shape index (κ2) is 12.9. The predicted molar refractivity (Wildman–Crippen MR) is 217 cm³/mol. The number of rotatable bonds is 6. The maximum atomic E-state index is 6.56. The van der Waals surface area contributed by atoms with E-state index in [1.807, 2.05) is 48.5 Å². The van der Waals surface area contributed by atoms with Gasteiger partial charge >= 0.3 is 0 Å². The second-order valence-corrected chi connectivity index (χ2v) is 13.2. The first-order chi connectivity index (χ1) is 26.2.